The zero-order valence-corrected chi connectivity index (χ0v) is 11.3. The molecular weight excluding hydrogens is 258 g/mol. The Hall–Kier alpha value is -1.75. The van der Waals surface area contributed by atoms with E-state index < -0.39 is 5.97 Å². The molecule has 20 heavy (non-hydrogen) atoms. The molecule has 2 fully saturated rings. The summed E-state index contributed by atoms with van der Waals surface area (Å²) in [6.07, 6.45) is 5.36. The Morgan fingerprint density at radius 2 is 2.25 bits per heavy atom. The molecule has 5 nitrogen and oxygen atoms in total. The van der Waals surface area contributed by atoms with E-state index in [0.717, 1.165) is 32.3 Å². The maximum Gasteiger partial charge on any atom is 0.337 e. The van der Waals surface area contributed by atoms with Crippen LogP contribution >= 0.6 is 0 Å². The van der Waals surface area contributed by atoms with Gasteiger partial charge in [0.25, 0.3) is 0 Å². The molecule has 0 amide bonds. The predicted octanol–water partition coefficient (Wildman–Crippen LogP) is 2.45. The Balaban J connectivity index is 1.68. The van der Waals surface area contributed by atoms with Gasteiger partial charge in [0.1, 0.15) is 11.9 Å². The molecule has 1 heterocycles. The van der Waals surface area contributed by atoms with Crippen molar-refractivity contribution in [2.24, 2.45) is 0 Å². The van der Waals surface area contributed by atoms with Crippen molar-refractivity contribution in [1.29, 1.82) is 0 Å². The number of nitrogen functional groups attached to an aromatic ring is 1. The Morgan fingerprint density at radius 3 is 2.85 bits per heavy atom. The van der Waals surface area contributed by atoms with Crippen molar-refractivity contribution in [3.05, 3.63) is 23.8 Å². The number of ether oxygens (including phenoxy) is 2. The summed E-state index contributed by atoms with van der Waals surface area (Å²) in [4.78, 5) is 10.9. The fourth-order valence-electron chi connectivity index (χ4n) is 3.00. The average Bonchev–Trinajstić information content (AvgIpc) is 2.37. The fraction of sp³-hybridized carbons (Fsp3) is 0.533. The van der Waals surface area contributed by atoms with Gasteiger partial charge in [-0.3, -0.25) is 0 Å². The van der Waals surface area contributed by atoms with Crippen LogP contribution in [0.4, 0.5) is 5.69 Å². The van der Waals surface area contributed by atoms with Crippen molar-refractivity contribution in [3.8, 4) is 5.75 Å². The number of carboxylic acids is 1. The molecule has 0 aromatic heterocycles. The van der Waals surface area contributed by atoms with Gasteiger partial charge in [-0.15, -0.1) is 0 Å². The summed E-state index contributed by atoms with van der Waals surface area (Å²) < 4.78 is 11.8. The number of carboxylic acid groups (broad SMARTS) is 1. The molecule has 1 aromatic carbocycles. The third-order valence-corrected chi connectivity index (χ3v) is 4.27. The molecule has 1 aromatic rings. The van der Waals surface area contributed by atoms with Crippen LogP contribution in [0.2, 0.25) is 0 Å². The topological polar surface area (TPSA) is 81.8 Å². The minimum Gasteiger partial charge on any atom is -0.490 e. The molecule has 1 saturated heterocycles. The summed E-state index contributed by atoms with van der Waals surface area (Å²) in [5.41, 5.74) is 6.12. The number of rotatable bonds is 3. The first-order valence-corrected chi connectivity index (χ1v) is 7.01. The minimum absolute atomic E-state index is 0.0372. The van der Waals surface area contributed by atoms with Gasteiger partial charge in [0.05, 0.1) is 17.8 Å². The lowest BCUT2D eigenvalue weighted by molar-refractivity contribution is -0.153. The van der Waals surface area contributed by atoms with E-state index in [1.54, 1.807) is 12.1 Å². The largest absolute Gasteiger partial charge is 0.490 e. The number of aromatic carboxylic acids is 1. The average molecular weight is 277 g/mol. The lowest BCUT2D eigenvalue weighted by atomic mass is 9.74. The summed E-state index contributed by atoms with van der Waals surface area (Å²) in [5.74, 6) is -0.387. The maximum atomic E-state index is 10.9. The van der Waals surface area contributed by atoms with E-state index in [0.29, 0.717) is 5.75 Å². The van der Waals surface area contributed by atoms with E-state index in [9.17, 15) is 4.79 Å². The van der Waals surface area contributed by atoms with Crippen molar-refractivity contribution in [1.82, 2.24) is 0 Å². The third-order valence-electron chi connectivity index (χ3n) is 4.27. The Kier molecular flexibility index (Phi) is 3.30. The lowest BCUT2D eigenvalue weighted by Gasteiger charge is -2.46. The lowest BCUT2D eigenvalue weighted by Crippen LogP contribution is -2.48. The van der Waals surface area contributed by atoms with Crippen molar-refractivity contribution in [3.63, 3.8) is 0 Å². The van der Waals surface area contributed by atoms with E-state index in [1.165, 1.54) is 12.5 Å². The highest BCUT2D eigenvalue weighted by atomic mass is 16.5. The van der Waals surface area contributed by atoms with Gasteiger partial charge in [0.2, 0.25) is 0 Å². The van der Waals surface area contributed by atoms with Gasteiger partial charge in [0, 0.05) is 24.6 Å². The number of anilines is 1. The molecule has 1 aliphatic carbocycles. The summed E-state index contributed by atoms with van der Waals surface area (Å²) in [6.45, 7) is 0.730. The zero-order valence-electron chi connectivity index (χ0n) is 11.3. The predicted molar refractivity (Wildman–Crippen MR) is 74.0 cm³/mol. The molecule has 0 bridgehead atoms. The molecule has 108 valence electrons. The molecule has 1 unspecified atom stereocenters. The van der Waals surface area contributed by atoms with E-state index in [1.807, 2.05) is 0 Å². The smallest absolute Gasteiger partial charge is 0.337 e. The Labute approximate surface area is 117 Å². The minimum atomic E-state index is -1.02. The van der Waals surface area contributed by atoms with Crippen molar-refractivity contribution in [2.75, 3.05) is 12.3 Å². The highest BCUT2D eigenvalue weighted by molar-refractivity contribution is 5.93. The second kappa shape index (κ2) is 4.98. The van der Waals surface area contributed by atoms with E-state index in [-0.39, 0.29) is 23.0 Å². The monoisotopic (exact) mass is 277 g/mol. The molecule has 1 spiro atoms. The molecule has 1 aliphatic heterocycles. The summed E-state index contributed by atoms with van der Waals surface area (Å²) >= 11 is 0. The number of benzene rings is 1. The molecule has 2 aliphatic rings. The molecular formula is C15H19NO4. The van der Waals surface area contributed by atoms with Crippen molar-refractivity contribution in [2.45, 2.75) is 43.8 Å². The van der Waals surface area contributed by atoms with Crippen LogP contribution < -0.4 is 10.5 Å². The van der Waals surface area contributed by atoms with E-state index in [2.05, 4.69) is 0 Å². The molecule has 3 N–H and O–H groups in total. The van der Waals surface area contributed by atoms with Crippen LogP contribution in [0.5, 0.6) is 5.75 Å². The van der Waals surface area contributed by atoms with E-state index >= 15 is 0 Å². The van der Waals surface area contributed by atoms with Gasteiger partial charge in [-0.2, -0.15) is 0 Å². The van der Waals surface area contributed by atoms with Gasteiger partial charge in [-0.25, -0.2) is 4.79 Å². The first-order chi connectivity index (χ1) is 9.58. The quantitative estimate of drug-likeness (QED) is 0.829. The van der Waals surface area contributed by atoms with E-state index in [4.69, 9.17) is 20.3 Å². The fourth-order valence-corrected chi connectivity index (χ4v) is 3.00. The van der Waals surface area contributed by atoms with Crippen LogP contribution in [-0.4, -0.2) is 29.4 Å². The Bertz CT molecular complexity index is 525. The number of carbonyl (C=O) groups is 1. The molecule has 5 heteroatoms. The molecule has 0 radical (unpaired) electrons. The van der Waals surface area contributed by atoms with Crippen LogP contribution in [0.1, 0.15) is 42.5 Å². The van der Waals surface area contributed by atoms with Crippen LogP contribution in [-0.2, 0) is 4.74 Å². The zero-order chi connectivity index (χ0) is 14.2. The molecule has 3 rings (SSSR count). The standard InChI is InChI=1S/C15H19NO4/c16-13-8-10(2-3-12(13)14(17)18)20-11-4-7-19-15(9-11)5-1-6-15/h2-3,8,11H,1,4-7,9,16H2,(H,17,18). The third kappa shape index (κ3) is 2.45. The summed E-state index contributed by atoms with van der Waals surface area (Å²) in [7, 11) is 0. The number of nitrogens with two attached hydrogens (primary N) is 1. The van der Waals surface area contributed by atoms with Crippen LogP contribution in [0.15, 0.2) is 18.2 Å². The van der Waals surface area contributed by atoms with Gasteiger partial charge in [-0.05, 0) is 31.4 Å². The van der Waals surface area contributed by atoms with Gasteiger partial charge in [-0.1, -0.05) is 0 Å². The molecule has 1 saturated carbocycles. The molecule has 1 atom stereocenters. The van der Waals surface area contributed by atoms with Gasteiger partial charge in [0.15, 0.2) is 0 Å². The normalized spacial score (nSPS) is 24.1. The Morgan fingerprint density at radius 1 is 1.45 bits per heavy atom. The van der Waals surface area contributed by atoms with Crippen LogP contribution in [0.25, 0.3) is 0 Å². The first kappa shape index (κ1) is 13.2. The highest BCUT2D eigenvalue weighted by Gasteiger charge is 2.43. The second-order valence-corrected chi connectivity index (χ2v) is 5.67. The van der Waals surface area contributed by atoms with Crippen LogP contribution in [0, 0.1) is 0 Å². The first-order valence-electron chi connectivity index (χ1n) is 7.01. The number of hydrogen-bond acceptors (Lipinski definition) is 4. The summed E-state index contributed by atoms with van der Waals surface area (Å²) in [6, 6.07) is 4.75. The highest BCUT2D eigenvalue weighted by Crippen LogP contribution is 2.43. The van der Waals surface area contributed by atoms with Gasteiger partial charge >= 0.3 is 5.97 Å². The summed E-state index contributed by atoms with van der Waals surface area (Å²) in [5, 5.41) is 8.95. The van der Waals surface area contributed by atoms with Crippen molar-refractivity contribution >= 4 is 11.7 Å². The number of hydrogen-bond donors (Lipinski definition) is 2. The van der Waals surface area contributed by atoms with Gasteiger partial charge < -0.3 is 20.3 Å². The van der Waals surface area contributed by atoms with Crippen LogP contribution in [0.3, 0.4) is 0 Å². The SMILES string of the molecule is Nc1cc(OC2CCOC3(CCC3)C2)ccc1C(=O)O. The maximum absolute atomic E-state index is 10.9. The second-order valence-electron chi connectivity index (χ2n) is 5.67. The van der Waals surface area contributed by atoms with Crippen molar-refractivity contribution < 1.29 is 19.4 Å².